The number of amides is 1. The highest BCUT2D eigenvalue weighted by Gasteiger charge is 2.26. The average molecular weight is 303 g/mol. The number of carbonyl (C=O) groups is 1. The van der Waals surface area contributed by atoms with Gasteiger partial charge >= 0.3 is 6.09 Å². The number of carbonyl (C=O) groups excluding carboxylic acids is 1. The Balaban J connectivity index is 1.56. The molecule has 1 aliphatic carbocycles. The molecule has 108 valence electrons. The molecule has 1 fully saturated rings. The van der Waals surface area contributed by atoms with Crippen molar-refractivity contribution >= 4 is 23.5 Å². The van der Waals surface area contributed by atoms with Crippen LogP contribution in [0.1, 0.15) is 29.9 Å². The van der Waals surface area contributed by atoms with E-state index in [0.29, 0.717) is 16.9 Å². The van der Waals surface area contributed by atoms with Gasteiger partial charge in [-0.3, -0.25) is 5.32 Å². The molecule has 1 saturated carbocycles. The quantitative estimate of drug-likeness (QED) is 0.854. The van der Waals surface area contributed by atoms with Gasteiger partial charge in [0.25, 0.3) is 0 Å². The summed E-state index contributed by atoms with van der Waals surface area (Å²) in [6, 6.07) is 13.2. The van der Waals surface area contributed by atoms with Gasteiger partial charge in [-0.2, -0.15) is 0 Å². The van der Waals surface area contributed by atoms with Gasteiger partial charge < -0.3 is 4.74 Å². The Morgan fingerprint density at radius 3 is 2.67 bits per heavy atom. The molecule has 2 aromatic rings. The van der Waals surface area contributed by atoms with Crippen LogP contribution in [-0.2, 0) is 11.3 Å². The molecule has 0 radical (unpaired) electrons. The van der Waals surface area contributed by atoms with Crippen molar-refractivity contribution in [2.45, 2.75) is 25.4 Å². The molecule has 0 saturated heterocycles. The summed E-state index contributed by atoms with van der Waals surface area (Å²) in [6.07, 6.45) is 1.78. The minimum Gasteiger partial charge on any atom is -0.444 e. The van der Waals surface area contributed by atoms with Crippen LogP contribution in [0.5, 0.6) is 0 Å². The molecule has 1 heterocycles. The van der Waals surface area contributed by atoms with Crippen LogP contribution in [0.2, 0.25) is 5.15 Å². The van der Waals surface area contributed by atoms with Gasteiger partial charge in [-0.25, -0.2) is 9.78 Å². The third-order valence-corrected chi connectivity index (χ3v) is 3.64. The van der Waals surface area contributed by atoms with Crippen LogP contribution >= 0.6 is 11.6 Å². The molecule has 1 aromatic heterocycles. The first-order valence-electron chi connectivity index (χ1n) is 6.86. The summed E-state index contributed by atoms with van der Waals surface area (Å²) < 4.78 is 5.13. The predicted octanol–water partition coefficient (Wildman–Crippen LogP) is 4.36. The molecule has 1 amide bonds. The van der Waals surface area contributed by atoms with Crippen LogP contribution in [0.25, 0.3) is 0 Å². The average Bonchev–Trinajstić information content (AvgIpc) is 3.31. The maximum atomic E-state index is 11.7. The Kier molecular flexibility index (Phi) is 4.06. The molecule has 0 aliphatic heterocycles. The summed E-state index contributed by atoms with van der Waals surface area (Å²) in [5, 5.41) is 3.04. The number of pyridine rings is 1. The van der Waals surface area contributed by atoms with Gasteiger partial charge in [0.15, 0.2) is 0 Å². The van der Waals surface area contributed by atoms with Gasteiger partial charge in [0.2, 0.25) is 0 Å². The molecule has 21 heavy (non-hydrogen) atoms. The van der Waals surface area contributed by atoms with Crippen LogP contribution in [0.4, 0.5) is 10.6 Å². The molecule has 0 bridgehead atoms. The Hall–Kier alpha value is -2.07. The topological polar surface area (TPSA) is 51.2 Å². The fraction of sp³-hybridized carbons (Fsp3) is 0.250. The largest absolute Gasteiger partial charge is 0.444 e. The zero-order valence-corrected chi connectivity index (χ0v) is 12.1. The highest BCUT2D eigenvalue weighted by Crippen LogP contribution is 2.42. The number of hydrogen-bond donors (Lipinski definition) is 1. The van der Waals surface area contributed by atoms with E-state index in [0.717, 1.165) is 24.0 Å². The van der Waals surface area contributed by atoms with Crippen molar-refractivity contribution in [2.75, 3.05) is 5.32 Å². The molecule has 1 aromatic carbocycles. The normalized spacial score (nSPS) is 13.8. The summed E-state index contributed by atoms with van der Waals surface area (Å²) in [7, 11) is 0. The van der Waals surface area contributed by atoms with Crippen LogP contribution in [0, 0.1) is 0 Å². The summed E-state index contributed by atoms with van der Waals surface area (Å²) >= 11 is 6.12. The third kappa shape index (κ3) is 3.73. The summed E-state index contributed by atoms with van der Waals surface area (Å²) in [5.41, 5.74) is 1.99. The summed E-state index contributed by atoms with van der Waals surface area (Å²) in [4.78, 5) is 15.9. The molecule has 5 heteroatoms. The molecule has 0 unspecified atom stereocenters. The van der Waals surface area contributed by atoms with Gasteiger partial charge in [0.1, 0.15) is 17.6 Å². The number of aromatic nitrogens is 1. The van der Waals surface area contributed by atoms with Gasteiger partial charge in [-0.05, 0) is 36.0 Å². The predicted molar refractivity (Wildman–Crippen MR) is 81.5 cm³/mol. The van der Waals surface area contributed by atoms with E-state index in [1.165, 1.54) is 0 Å². The Morgan fingerprint density at radius 2 is 2.00 bits per heavy atom. The smallest absolute Gasteiger partial charge is 0.413 e. The van der Waals surface area contributed by atoms with Crippen LogP contribution in [0.15, 0.2) is 42.5 Å². The standard InChI is InChI=1S/C16H15ClN2O2/c17-15-13(12-6-7-12)8-9-14(18-15)19-16(20)21-10-11-4-2-1-3-5-11/h1-5,8-9,12H,6-7,10H2,(H,18,19,20). The van der Waals surface area contributed by atoms with Crippen LogP contribution in [0.3, 0.4) is 0 Å². The minimum absolute atomic E-state index is 0.223. The summed E-state index contributed by atoms with van der Waals surface area (Å²) in [6.45, 7) is 0.223. The van der Waals surface area contributed by atoms with Crippen molar-refractivity contribution in [1.29, 1.82) is 0 Å². The second kappa shape index (κ2) is 6.14. The lowest BCUT2D eigenvalue weighted by Gasteiger charge is -2.08. The van der Waals surface area contributed by atoms with Crippen LogP contribution in [-0.4, -0.2) is 11.1 Å². The molecule has 3 rings (SSSR count). The van der Waals surface area contributed by atoms with Crippen molar-refractivity contribution in [3.05, 3.63) is 58.7 Å². The molecule has 4 nitrogen and oxygen atoms in total. The number of halogens is 1. The zero-order valence-electron chi connectivity index (χ0n) is 11.4. The highest BCUT2D eigenvalue weighted by molar-refractivity contribution is 6.30. The van der Waals surface area contributed by atoms with Crippen molar-refractivity contribution in [2.24, 2.45) is 0 Å². The first-order chi connectivity index (χ1) is 10.2. The lowest BCUT2D eigenvalue weighted by atomic mass is 10.2. The van der Waals surface area contributed by atoms with Gasteiger partial charge in [-0.1, -0.05) is 48.0 Å². The number of nitrogens with zero attached hydrogens (tertiary/aromatic N) is 1. The lowest BCUT2D eigenvalue weighted by Crippen LogP contribution is -2.14. The lowest BCUT2D eigenvalue weighted by molar-refractivity contribution is 0.155. The molecular weight excluding hydrogens is 288 g/mol. The van der Waals surface area contributed by atoms with Gasteiger partial charge in [-0.15, -0.1) is 0 Å². The van der Waals surface area contributed by atoms with Gasteiger partial charge in [0, 0.05) is 0 Å². The van der Waals surface area contributed by atoms with E-state index in [1.54, 1.807) is 6.07 Å². The maximum absolute atomic E-state index is 11.7. The van der Waals surface area contributed by atoms with Crippen molar-refractivity contribution in [3.63, 3.8) is 0 Å². The van der Waals surface area contributed by atoms with E-state index in [4.69, 9.17) is 16.3 Å². The second-order valence-corrected chi connectivity index (χ2v) is 5.40. The Morgan fingerprint density at radius 1 is 1.24 bits per heavy atom. The van der Waals surface area contributed by atoms with Gasteiger partial charge in [0.05, 0.1) is 0 Å². The molecule has 0 spiro atoms. The number of rotatable bonds is 4. The fourth-order valence-corrected chi connectivity index (χ4v) is 2.39. The monoisotopic (exact) mass is 302 g/mol. The van der Waals surface area contributed by atoms with E-state index in [2.05, 4.69) is 10.3 Å². The maximum Gasteiger partial charge on any atom is 0.413 e. The Labute approximate surface area is 128 Å². The van der Waals surface area contributed by atoms with Crippen molar-refractivity contribution in [3.8, 4) is 0 Å². The molecular formula is C16H15ClN2O2. The first kappa shape index (κ1) is 13.9. The minimum atomic E-state index is -0.540. The van der Waals surface area contributed by atoms with E-state index < -0.39 is 6.09 Å². The zero-order chi connectivity index (χ0) is 14.7. The van der Waals surface area contributed by atoms with Crippen molar-refractivity contribution in [1.82, 2.24) is 4.98 Å². The second-order valence-electron chi connectivity index (χ2n) is 5.04. The number of hydrogen-bond acceptors (Lipinski definition) is 3. The molecule has 1 N–H and O–H groups in total. The van der Waals surface area contributed by atoms with E-state index in [9.17, 15) is 4.79 Å². The molecule has 1 aliphatic rings. The number of ether oxygens (including phenoxy) is 1. The van der Waals surface area contributed by atoms with E-state index in [-0.39, 0.29) is 6.61 Å². The fourth-order valence-electron chi connectivity index (χ4n) is 2.08. The number of nitrogens with one attached hydrogen (secondary N) is 1. The van der Waals surface area contributed by atoms with Crippen molar-refractivity contribution < 1.29 is 9.53 Å². The van der Waals surface area contributed by atoms with Crippen LogP contribution < -0.4 is 5.32 Å². The summed E-state index contributed by atoms with van der Waals surface area (Å²) in [5.74, 6) is 0.937. The third-order valence-electron chi connectivity index (χ3n) is 3.34. The SMILES string of the molecule is O=C(Nc1ccc(C2CC2)c(Cl)n1)OCc1ccccc1. The Bertz CT molecular complexity index is 642. The highest BCUT2D eigenvalue weighted by atomic mass is 35.5. The first-order valence-corrected chi connectivity index (χ1v) is 7.24. The van der Waals surface area contributed by atoms with E-state index in [1.807, 2.05) is 36.4 Å². The number of anilines is 1. The molecule has 0 atom stereocenters. The number of benzene rings is 1. The van der Waals surface area contributed by atoms with E-state index >= 15 is 0 Å².